The third kappa shape index (κ3) is 2.28. The Hall–Kier alpha value is -1.67. The standard InChI is InChI=1S/C17H18FN/c1-13-4-2-3-5-14(13)10-17(11-19-12-17)15-6-8-16(18)9-7-15/h2-9,19H,10-12H2,1H3. The smallest absolute Gasteiger partial charge is 0.123 e. The van der Waals surface area contributed by atoms with Gasteiger partial charge >= 0.3 is 0 Å². The van der Waals surface area contributed by atoms with Crippen LogP contribution in [0.4, 0.5) is 4.39 Å². The predicted octanol–water partition coefficient (Wildman–Crippen LogP) is 3.22. The molecule has 1 fully saturated rings. The normalized spacial score (nSPS) is 16.9. The van der Waals surface area contributed by atoms with E-state index in [1.54, 1.807) is 12.1 Å². The predicted molar refractivity (Wildman–Crippen MR) is 75.8 cm³/mol. The van der Waals surface area contributed by atoms with Gasteiger partial charge in [0.1, 0.15) is 5.82 Å². The van der Waals surface area contributed by atoms with Crippen molar-refractivity contribution in [3.05, 3.63) is 71.0 Å². The fourth-order valence-corrected chi connectivity index (χ4v) is 2.83. The Labute approximate surface area is 113 Å². The maximum Gasteiger partial charge on any atom is 0.123 e. The van der Waals surface area contributed by atoms with Gasteiger partial charge in [-0.2, -0.15) is 0 Å². The molecule has 1 aliphatic heterocycles. The second kappa shape index (κ2) is 4.78. The van der Waals surface area contributed by atoms with Gasteiger partial charge in [-0.05, 0) is 42.2 Å². The van der Waals surface area contributed by atoms with E-state index in [1.165, 1.54) is 16.7 Å². The summed E-state index contributed by atoms with van der Waals surface area (Å²) >= 11 is 0. The quantitative estimate of drug-likeness (QED) is 0.888. The molecule has 0 atom stereocenters. The van der Waals surface area contributed by atoms with Crippen LogP contribution in [0.1, 0.15) is 16.7 Å². The Bertz CT molecular complexity index is 570. The van der Waals surface area contributed by atoms with E-state index in [0.717, 1.165) is 19.5 Å². The topological polar surface area (TPSA) is 12.0 Å². The van der Waals surface area contributed by atoms with Crippen LogP contribution in [0.15, 0.2) is 48.5 Å². The molecule has 0 aromatic heterocycles. The number of nitrogens with one attached hydrogen (secondary N) is 1. The van der Waals surface area contributed by atoms with Crippen molar-refractivity contribution in [1.82, 2.24) is 5.32 Å². The van der Waals surface area contributed by atoms with Gasteiger partial charge in [0, 0.05) is 18.5 Å². The number of hydrogen-bond donors (Lipinski definition) is 1. The highest BCUT2D eigenvalue weighted by molar-refractivity contribution is 5.36. The summed E-state index contributed by atoms with van der Waals surface area (Å²) in [6.07, 6.45) is 1.01. The molecule has 0 unspecified atom stereocenters. The molecule has 19 heavy (non-hydrogen) atoms. The van der Waals surface area contributed by atoms with Crippen molar-refractivity contribution in [3.8, 4) is 0 Å². The van der Waals surface area contributed by atoms with Crippen molar-refractivity contribution in [1.29, 1.82) is 0 Å². The van der Waals surface area contributed by atoms with Crippen LogP contribution in [0.25, 0.3) is 0 Å². The van der Waals surface area contributed by atoms with Crippen molar-refractivity contribution in [3.63, 3.8) is 0 Å². The van der Waals surface area contributed by atoms with Crippen LogP contribution in [0.5, 0.6) is 0 Å². The summed E-state index contributed by atoms with van der Waals surface area (Å²) in [7, 11) is 0. The molecule has 1 heterocycles. The largest absolute Gasteiger partial charge is 0.315 e. The summed E-state index contributed by atoms with van der Waals surface area (Å²) in [6, 6.07) is 15.5. The van der Waals surface area contributed by atoms with Crippen molar-refractivity contribution < 1.29 is 4.39 Å². The monoisotopic (exact) mass is 255 g/mol. The minimum atomic E-state index is -0.165. The minimum absolute atomic E-state index is 0.125. The van der Waals surface area contributed by atoms with Gasteiger partial charge in [0.2, 0.25) is 0 Å². The molecular formula is C17H18FN. The maximum atomic E-state index is 13.1. The summed E-state index contributed by atoms with van der Waals surface area (Å²) in [6.45, 7) is 4.08. The van der Waals surface area contributed by atoms with Crippen LogP contribution >= 0.6 is 0 Å². The fraction of sp³-hybridized carbons (Fsp3) is 0.294. The molecule has 0 radical (unpaired) electrons. The van der Waals surface area contributed by atoms with E-state index in [-0.39, 0.29) is 11.2 Å². The lowest BCUT2D eigenvalue weighted by molar-refractivity contribution is 0.274. The molecule has 0 amide bonds. The Morgan fingerprint density at radius 3 is 2.32 bits per heavy atom. The lowest BCUT2D eigenvalue weighted by Crippen LogP contribution is -2.58. The molecule has 1 N–H and O–H groups in total. The summed E-state index contributed by atoms with van der Waals surface area (Å²) < 4.78 is 13.1. The van der Waals surface area contributed by atoms with E-state index >= 15 is 0 Å². The average Bonchev–Trinajstić information content (AvgIpc) is 2.37. The van der Waals surface area contributed by atoms with Gasteiger partial charge in [0.25, 0.3) is 0 Å². The van der Waals surface area contributed by atoms with Crippen LogP contribution in [-0.4, -0.2) is 13.1 Å². The second-order valence-electron chi connectivity index (χ2n) is 5.49. The van der Waals surface area contributed by atoms with Gasteiger partial charge in [-0.15, -0.1) is 0 Å². The maximum absolute atomic E-state index is 13.1. The summed E-state index contributed by atoms with van der Waals surface area (Å²) in [5, 5.41) is 3.36. The fourth-order valence-electron chi connectivity index (χ4n) is 2.83. The van der Waals surface area contributed by atoms with Crippen LogP contribution in [0.3, 0.4) is 0 Å². The van der Waals surface area contributed by atoms with E-state index < -0.39 is 0 Å². The number of aryl methyl sites for hydroxylation is 1. The first-order chi connectivity index (χ1) is 9.20. The molecule has 98 valence electrons. The van der Waals surface area contributed by atoms with Crippen molar-refractivity contribution in [2.24, 2.45) is 0 Å². The molecule has 2 aromatic carbocycles. The van der Waals surface area contributed by atoms with E-state index in [2.05, 4.69) is 36.5 Å². The zero-order chi connectivity index (χ0) is 13.3. The molecule has 0 spiro atoms. The molecule has 2 aromatic rings. The van der Waals surface area contributed by atoms with Crippen LogP contribution < -0.4 is 5.32 Å². The SMILES string of the molecule is Cc1ccccc1CC1(c2ccc(F)cc2)CNC1. The van der Waals surface area contributed by atoms with Crippen LogP contribution in [0, 0.1) is 12.7 Å². The molecule has 0 aliphatic carbocycles. The van der Waals surface area contributed by atoms with Crippen molar-refractivity contribution >= 4 is 0 Å². The van der Waals surface area contributed by atoms with Crippen LogP contribution in [0.2, 0.25) is 0 Å². The molecule has 3 rings (SSSR count). The van der Waals surface area contributed by atoms with Gasteiger partial charge in [-0.1, -0.05) is 36.4 Å². The molecule has 2 heteroatoms. The van der Waals surface area contributed by atoms with Gasteiger partial charge in [-0.25, -0.2) is 4.39 Å². The Kier molecular flexibility index (Phi) is 3.11. The summed E-state index contributed by atoms with van der Waals surface area (Å²) in [5.74, 6) is -0.165. The van der Waals surface area contributed by atoms with Crippen LogP contribution in [-0.2, 0) is 11.8 Å². The number of benzene rings is 2. The van der Waals surface area contributed by atoms with Crippen molar-refractivity contribution in [2.75, 3.05) is 13.1 Å². The molecule has 1 nitrogen and oxygen atoms in total. The van der Waals surface area contributed by atoms with E-state index in [0.29, 0.717) is 0 Å². The molecule has 0 saturated carbocycles. The zero-order valence-electron chi connectivity index (χ0n) is 11.1. The molecular weight excluding hydrogens is 237 g/mol. The van der Waals surface area contributed by atoms with Gasteiger partial charge in [-0.3, -0.25) is 0 Å². The average molecular weight is 255 g/mol. The van der Waals surface area contributed by atoms with Gasteiger partial charge in [0.05, 0.1) is 0 Å². The lowest BCUT2D eigenvalue weighted by atomic mass is 9.70. The zero-order valence-corrected chi connectivity index (χ0v) is 11.1. The lowest BCUT2D eigenvalue weighted by Gasteiger charge is -2.44. The van der Waals surface area contributed by atoms with E-state index in [4.69, 9.17) is 0 Å². The van der Waals surface area contributed by atoms with E-state index in [1.807, 2.05) is 12.1 Å². The number of rotatable bonds is 3. The highest BCUT2D eigenvalue weighted by Crippen LogP contribution is 2.33. The summed E-state index contributed by atoms with van der Waals surface area (Å²) in [5.41, 5.74) is 4.07. The Morgan fingerprint density at radius 1 is 1.05 bits per heavy atom. The van der Waals surface area contributed by atoms with E-state index in [9.17, 15) is 4.39 Å². The first-order valence-electron chi connectivity index (χ1n) is 6.71. The Morgan fingerprint density at radius 2 is 1.74 bits per heavy atom. The first-order valence-corrected chi connectivity index (χ1v) is 6.71. The number of hydrogen-bond acceptors (Lipinski definition) is 1. The van der Waals surface area contributed by atoms with Gasteiger partial charge in [0.15, 0.2) is 0 Å². The molecule has 1 aliphatic rings. The second-order valence-corrected chi connectivity index (χ2v) is 5.49. The highest BCUT2D eigenvalue weighted by atomic mass is 19.1. The number of halogens is 1. The van der Waals surface area contributed by atoms with Crippen molar-refractivity contribution in [2.45, 2.75) is 18.8 Å². The highest BCUT2D eigenvalue weighted by Gasteiger charge is 2.38. The molecule has 1 saturated heterocycles. The Balaban J connectivity index is 1.92. The minimum Gasteiger partial charge on any atom is -0.315 e. The van der Waals surface area contributed by atoms with Gasteiger partial charge < -0.3 is 5.32 Å². The molecule has 0 bridgehead atoms. The first kappa shape index (κ1) is 12.4. The summed E-state index contributed by atoms with van der Waals surface area (Å²) in [4.78, 5) is 0. The third-order valence-electron chi connectivity index (χ3n) is 4.17. The third-order valence-corrected chi connectivity index (χ3v) is 4.17.